The highest BCUT2D eigenvalue weighted by Crippen LogP contribution is 2.52. The molecule has 0 saturated heterocycles. The van der Waals surface area contributed by atoms with Gasteiger partial charge in [0.15, 0.2) is 0 Å². The monoisotopic (exact) mass is 374 g/mol. The van der Waals surface area contributed by atoms with Gasteiger partial charge in [-0.25, -0.2) is 4.98 Å². The zero-order valence-electron chi connectivity index (χ0n) is 14.9. The summed E-state index contributed by atoms with van der Waals surface area (Å²) in [5, 5.41) is 13.6. The van der Waals surface area contributed by atoms with Crippen LogP contribution in [0.2, 0.25) is 0 Å². The van der Waals surface area contributed by atoms with Crippen LogP contribution in [0.15, 0.2) is 48.7 Å². The minimum atomic E-state index is -0.616. The Morgan fingerprint density at radius 1 is 1.14 bits per heavy atom. The molecule has 0 radical (unpaired) electrons. The molecule has 3 atom stereocenters. The molecule has 3 N–H and O–H groups in total. The van der Waals surface area contributed by atoms with Crippen LogP contribution in [-0.2, 0) is 11.2 Å². The lowest BCUT2D eigenvalue weighted by atomic mass is 10.1. The van der Waals surface area contributed by atoms with Crippen LogP contribution in [0.4, 0.5) is 5.82 Å². The second-order valence-corrected chi connectivity index (χ2v) is 7.17. The van der Waals surface area contributed by atoms with Gasteiger partial charge in [-0.05, 0) is 35.4 Å². The number of nitrogens with one attached hydrogen (secondary N) is 3. The Morgan fingerprint density at radius 2 is 2.00 bits per heavy atom. The van der Waals surface area contributed by atoms with Crippen molar-refractivity contribution in [2.75, 3.05) is 5.32 Å². The molecule has 2 unspecified atom stereocenters. The second kappa shape index (κ2) is 6.56. The number of nitrogens with zero attached hydrogens (tertiary/aromatic N) is 3. The molecule has 140 valence electrons. The normalized spacial score (nSPS) is 22.4. The minimum absolute atomic E-state index is 0.0705. The number of carbonyl (C=O) groups excluding carboxylic acids is 2. The summed E-state index contributed by atoms with van der Waals surface area (Å²) in [5.74, 6) is 0.913. The molecule has 3 aromatic rings. The number of anilines is 1. The second-order valence-electron chi connectivity index (χ2n) is 7.17. The molecule has 0 bridgehead atoms. The van der Waals surface area contributed by atoms with Gasteiger partial charge in [0, 0.05) is 12.6 Å². The topological polar surface area (TPSA) is 113 Å². The number of aromatic amines is 1. The van der Waals surface area contributed by atoms with Gasteiger partial charge in [0.2, 0.25) is 11.7 Å². The van der Waals surface area contributed by atoms with Crippen LogP contribution in [0, 0.1) is 5.92 Å². The van der Waals surface area contributed by atoms with Gasteiger partial charge in [-0.3, -0.25) is 9.59 Å². The van der Waals surface area contributed by atoms with E-state index in [9.17, 15) is 9.59 Å². The van der Waals surface area contributed by atoms with Crippen molar-refractivity contribution in [2.24, 2.45) is 5.92 Å². The molecule has 8 nitrogen and oxygen atoms in total. The van der Waals surface area contributed by atoms with E-state index in [0.29, 0.717) is 18.1 Å². The van der Waals surface area contributed by atoms with E-state index in [2.05, 4.69) is 30.8 Å². The summed E-state index contributed by atoms with van der Waals surface area (Å²) in [5.41, 5.74) is 2.10. The summed E-state index contributed by atoms with van der Waals surface area (Å²) in [7, 11) is 0. The number of H-pyrrole nitrogens is 1. The van der Waals surface area contributed by atoms with Gasteiger partial charge in [0.25, 0.3) is 5.91 Å². The van der Waals surface area contributed by atoms with Crippen LogP contribution < -0.4 is 10.6 Å². The molecule has 1 fully saturated rings. The number of fused-ring (bicyclic) bond motifs is 3. The number of benzene rings is 1. The number of pyridine rings is 1. The maximum absolute atomic E-state index is 12.6. The fourth-order valence-electron chi connectivity index (χ4n) is 3.80. The molecule has 1 saturated carbocycles. The van der Waals surface area contributed by atoms with Crippen molar-refractivity contribution in [1.82, 2.24) is 25.5 Å². The third-order valence-corrected chi connectivity index (χ3v) is 5.28. The van der Waals surface area contributed by atoms with Crippen LogP contribution in [-0.4, -0.2) is 38.0 Å². The van der Waals surface area contributed by atoms with E-state index in [1.807, 2.05) is 42.5 Å². The number of aromatic nitrogens is 4. The highest BCUT2D eigenvalue weighted by Gasteiger charge is 2.51. The van der Waals surface area contributed by atoms with E-state index in [-0.39, 0.29) is 23.6 Å². The summed E-state index contributed by atoms with van der Waals surface area (Å²) in [6, 6.07) is 13.0. The number of amides is 2. The minimum Gasteiger partial charge on any atom is -0.337 e. The van der Waals surface area contributed by atoms with E-state index in [4.69, 9.17) is 0 Å². The number of carbonyl (C=O) groups is 2. The van der Waals surface area contributed by atoms with E-state index < -0.39 is 11.9 Å². The van der Waals surface area contributed by atoms with Crippen LogP contribution in [0.3, 0.4) is 0 Å². The first kappa shape index (κ1) is 16.6. The van der Waals surface area contributed by atoms with Gasteiger partial charge in [0.05, 0.1) is 0 Å². The van der Waals surface area contributed by atoms with Crippen molar-refractivity contribution in [1.29, 1.82) is 0 Å². The molecular weight excluding hydrogens is 356 g/mol. The molecular formula is C20H18N6O2. The molecule has 0 spiro atoms. The van der Waals surface area contributed by atoms with Crippen LogP contribution in [0.5, 0.6) is 0 Å². The first-order valence-corrected chi connectivity index (χ1v) is 9.21. The van der Waals surface area contributed by atoms with Crippen molar-refractivity contribution < 1.29 is 9.59 Å². The van der Waals surface area contributed by atoms with Crippen molar-refractivity contribution in [2.45, 2.75) is 24.8 Å². The zero-order chi connectivity index (χ0) is 19.1. The number of hydrogen-bond acceptors (Lipinski definition) is 5. The first-order chi connectivity index (χ1) is 13.7. The summed E-state index contributed by atoms with van der Waals surface area (Å²) >= 11 is 0. The Labute approximate surface area is 160 Å². The third kappa shape index (κ3) is 3.02. The summed E-state index contributed by atoms with van der Waals surface area (Å²) in [6.45, 7) is 0. The van der Waals surface area contributed by atoms with Gasteiger partial charge >= 0.3 is 0 Å². The molecule has 3 heterocycles. The lowest BCUT2D eigenvalue weighted by Gasteiger charge is -2.15. The summed E-state index contributed by atoms with van der Waals surface area (Å²) in [6.07, 6.45) is 3.06. The molecule has 2 aromatic heterocycles. The average Bonchev–Trinajstić information content (AvgIpc) is 3.37. The van der Waals surface area contributed by atoms with Gasteiger partial charge in [0.1, 0.15) is 17.7 Å². The van der Waals surface area contributed by atoms with Gasteiger partial charge in [-0.1, -0.05) is 36.4 Å². The van der Waals surface area contributed by atoms with Crippen LogP contribution >= 0.6 is 0 Å². The van der Waals surface area contributed by atoms with Gasteiger partial charge in [-0.2, -0.15) is 0 Å². The van der Waals surface area contributed by atoms with E-state index in [1.165, 1.54) is 0 Å². The Balaban J connectivity index is 1.29. The fourth-order valence-corrected chi connectivity index (χ4v) is 3.80. The lowest BCUT2D eigenvalue weighted by molar-refractivity contribution is -0.118. The Hall–Kier alpha value is -3.55. The lowest BCUT2D eigenvalue weighted by Crippen LogP contribution is -2.45. The Kier molecular flexibility index (Phi) is 3.89. The van der Waals surface area contributed by atoms with E-state index in [1.54, 1.807) is 6.20 Å². The van der Waals surface area contributed by atoms with Crippen molar-refractivity contribution in [3.8, 4) is 0 Å². The molecule has 8 heteroatoms. The zero-order valence-corrected chi connectivity index (χ0v) is 14.9. The number of hydrogen-bond donors (Lipinski definition) is 3. The maximum Gasteiger partial charge on any atom is 0.289 e. The smallest absolute Gasteiger partial charge is 0.289 e. The summed E-state index contributed by atoms with van der Waals surface area (Å²) in [4.78, 5) is 32.4. The Morgan fingerprint density at radius 3 is 2.86 bits per heavy atom. The van der Waals surface area contributed by atoms with Gasteiger partial charge in [-0.15, -0.1) is 10.2 Å². The molecule has 1 aromatic carbocycles. The van der Waals surface area contributed by atoms with Crippen molar-refractivity contribution >= 4 is 17.6 Å². The SMILES string of the molecule is O=C(N[C@@H]1C(=O)Nc2ncccc2C2CC21)c1nnc(Cc2ccccc2)[nH]1. The summed E-state index contributed by atoms with van der Waals surface area (Å²) < 4.78 is 0. The maximum atomic E-state index is 12.6. The van der Waals surface area contributed by atoms with Crippen LogP contribution in [0.25, 0.3) is 0 Å². The molecule has 1 aliphatic carbocycles. The molecule has 1 aliphatic heterocycles. The van der Waals surface area contributed by atoms with E-state index >= 15 is 0 Å². The average molecular weight is 374 g/mol. The van der Waals surface area contributed by atoms with Crippen molar-refractivity contribution in [3.63, 3.8) is 0 Å². The van der Waals surface area contributed by atoms with Crippen LogP contribution in [0.1, 0.15) is 39.9 Å². The quantitative estimate of drug-likeness (QED) is 0.643. The first-order valence-electron chi connectivity index (χ1n) is 9.21. The van der Waals surface area contributed by atoms with Crippen molar-refractivity contribution in [3.05, 3.63) is 71.4 Å². The third-order valence-electron chi connectivity index (χ3n) is 5.28. The largest absolute Gasteiger partial charge is 0.337 e. The number of rotatable bonds is 4. The molecule has 2 aliphatic rings. The standard InChI is InChI=1S/C20H18N6O2/c27-19-16(14-10-13(14)12-7-4-8-21-17(12)24-19)23-20(28)18-22-15(25-26-18)9-11-5-2-1-3-6-11/h1-8,13-14,16H,9-10H2,(H,23,28)(H,21,24,27)(H,22,25,26)/t13?,14?,16-/m0/s1. The van der Waals surface area contributed by atoms with E-state index in [0.717, 1.165) is 17.5 Å². The highest BCUT2D eigenvalue weighted by molar-refractivity contribution is 6.01. The predicted octanol–water partition coefficient (Wildman–Crippen LogP) is 1.64. The Bertz CT molecular complexity index is 1050. The molecule has 5 rings (SSSR count). The predicted molar refractivity (Wildman–Crippen MR) is 101 cm³/mol. The fraction of sp³-hybridized carbons (Fsp3) is 0.250. The highest BCUT2D eigenvalue weighted by atomic mass is 16.2. The molecule has 2 amide bonds. The van der Waals surface area contributed by atoms with Gasteiger partial charge < -0.3 is 15.6 Å². The molecule has 28 heavy (non-hydrogen) atoms.